The first-order valence-corrected chi connectivity index (χ1v) is 15.8. The minimum Gasteiger partial charge on any atom is -0.370 e. The van der Waals surface area contributed by atoms with Gasteiger partial charge in [0.25, 0.3) is 0 Å². The average molecular weight is 609 g/mol. The van der Waals surface area contributed by atoms with Crippen LogP contribution in [0.1, 0.15) is 90.7 Å². The van der Waals surface area contributed by atoms with Gasteiger partial charge < -0.3 is 5.73 Å². The fourth-order valence-electron chi connectivity index (χ4n) is 6.16. The summed E-state index contributed by atoms with van der Waals surface area (Å²) in [6.07, 6.45) is 16.4. The summed E-state index contributed by atoms with van der Waals surface area (Å²) < 4.78 is 42.7. The lowest BCUT2D eigenvalue weighted by Gasteiger charge is -2.41. The van der Waals surface area contributed by atoms with E-state index >= 15 is 4.39 Å². The molecule has 3 N–H and O–H groups in total. The highest BCUT2D eigenvalue weighted by atomic mass is 19.3. The standard InChI is InChI=1S/C34H42F3N3.C2H5NO/c1-6-8-31-29(38-18-17-33(5,36)37)21-32(34(15-16-34)27-19-22(3)9-14-28(27)35)39-40(31)30(7-2)25-12-13-26(23(4)20-25)24-10-11-24;1-2(3)4/h7-9,12-14,19,21,24-25,39H,6,10-11,15-18,20H2,1-5H3;1H3,(H2,3,4)/b30-7-,31-8-,38-29?;. The van der Waals surface area contributed by atoms with Crippen LogP contribution < -0.4 is 11.2 Å². The van der Waals surface area contributed by atoms with Gasteiger partial charge in [-0.05, 0) is 89.9 Å². The second-order valence-electron chi connectivity index (χ2n) is 12.7. The van der Waals surface area contributed by atoms with E-state index in [-0.39, 0.29) is 30.6 Å². The van der Waals surface area contributed by atoms with Gasteiger partial charge in [0, 0.05) is 48.2 Å². The zero-order valence-electron chi connectivity index (χ0n) is 26.9. The number of hydrogen-bond acceptors (Lipinski definition) is 4. The molecule has 0 saturated heterocycles. The molecule has 5 nitrogen and oxygen atoms in total. The Morgan fingerprint density at radius 2 is 1.93 bits per heavy atom. The van der Waals surface area contributed by atoms with Crippen molar-refractivity contribution in [2.24, 2.45) is 22.6 Å². The van der Waals surface area contributed by atoms with Crippen molar-refractivity contribution in [3.05, 3.63) is 93.8 Å². The average Bonchev–Trinajstić information content (AvgIpc) is 3.86. The molecule has 1 aromatic rings. The Morgan fingerprint density at radius 3 is 2.48 bits per heavy atom. The van der Waals surface area contributed by atoms with Crippen molar-refractivity contribution in [2.45, 2.75) is 97.8 Å². The smallest absolute Gasteiger partial charge is 0.247 e. The molecule has 1 heterocycles. The number of nitrogens with two attached hydrogens (primary N) is 1. The van der Waals surface area contributed by atoms with Gasteiger partial charge in [-0.1, -0.05) is 54.5 Å². The summed E-state index contributed by atoms with van der Waals surface area (Å²) in [5.74, 6) is -2.47. The van der Waals surface area contributed by atoms with Crippen LogP contribution in [0.15, 0.2) is 81.8 Å². The summed E-state index contributed by atoms with van der Waals surface area (Å²) in [4.78, 5) is 13.9. The molecule has 4 aliphatic rings. The van der Waals surface area contributed by atoms with Crippen LogP contribution in [-0.4, -0.2) is 29.1 Å². The van der Waals surface area contributed by atoms with Gasteiger partial charge in [-0.3, -0.25) is 20.2 Å². The molecule has 0 bridgehead atoms. The lowest BCUT2D eigenvalue weighted by Crippen LogP contribution is -2.46. The molecule has 2 saturated carbocycles. The van der Waals surface area contributed by atoms with Gasteiger partial charge in [-0.2, -0.15) is 0 Å². The zero-order chi connectivity index (χ0) is 32.2. The molecule has 238 valence electrons. The summed E-state index contributed by atoms with van der Waals surface area (Å²) in [5, 5.41) is 2.10. The molecule has 0 spiro atoms. The minimum atomic E-state index is -2.79. The number of aliphatic imine (C=N–C) groups is 1. The maximum absolute atomic E-state index is 15.2. The molecule has 0 aromatic heterocycles. The van der Waals surface area contributed by atoms with Gasteiger partial charge >= 0.3 is 0 Å². The highest BCUT2D eigenvalue weighted by Crippen LogP contribution is 2.55. The predicted molar refractivity (Wildman–Crippen MR) is 172 cm³/mol. The Balaban J connectivity index is 0.00000104. The fourth-order valence-corrected chi connectivity index (χ4v) is 6.16. The largest absolute Gasteiger partial charge is 0.370 e. The topological polar surface area (TPSA) is 70.7 Å². The van der Waals surface area contributed by atoms with Crippen LogP contribution in [0.5, 0.6) is 0 Å². The van der Waals surface area contributed by atoms with Crippen LogP contribution in [0.3, 0.4) is 0 Å². The Bertz CT molecular complexity index is 1430. The normalized spacial score (nSPS) is 23.3. The number of primary amides is 1. The third-order valence-electron chi connectivity index (χ3n) is 8.63. The number of nitrogens with zero attached hydrogens (tertiary/aromatic N) is 2. The molecule has 3 aliphatic carbocycles. The van der Waals surface area contributed by atoms with Crippen molar-refractivity contribution in [3.63, 3.8) is 0 Å². The van der Waals surface area contributed by atoms with Gasteiger partial charge in [0.05, 0.1) is 11.4 Å². The number of allylic oxidation sites excluding steroid dienone is 8. The van der Waals surface area contributed by atoms with E-state index in [4.69, 9.17) is 4.99 Å². The lowest BCUT2D eigenvalue weighted by atomic mass is 9.85. The Hall–Kier alpha value is -3.55. The van der Waals surface area contributed by atoms with Gasteiger partial charge in [0.1, 0.15) is 5.82 Å². The molecule has 0 radical (unpaired) electrons. The van der Waals surface area contributed by atoms with Crippen LogP contribution in [0, 0.1) is 24.6 Å². The molecule has 1 amide bonds. The van der Waals surface area contributed by atoms with E-state index in [1.165, 1.54) is 30.9 Å². The maximum atomic E-state index is 15.2. The first kappa shape index (κ1) is 33.3. The van der Waals surface area contributed by atoms with E-state index in [9.17, 15) is 13.6 Å². The van der Waals surface area contributed by atoms with Gasteiger partial charge in [0.2, 0.25) is 11.8 Å². The van der Waals surface area contributed by atoms with Crippen LogP contribution in [0.25, 0.3) is 0 Å². The second-order valence-corrected chi connectivity index (χ2v) is 12.7. The molecular weight excluding hydrogens is 561 g/mol. The molecule has 1 unspecified atom stereocenters. The van der Waals surface area contributed by atoms with Gasteiger partial charge in [0.15, 0.2) is 0 Å². The molecule has 1 atom stereocenters. The van der Waals surface area contributed by atoms with Gasteiger partial charge in [-0.15, -0.1) is 0 Å². The number of carbonyl (C=O) groups excluding carboxylic acids is 1. The van der Waals surface area contributed by atoms with E-state index < -0.39 is 11.3 Å². The summed E-state index contributed by atoms with van der Waals surface area (Å²) in [5.41, 5.74) is 15.8. The minimum absolute atomic E-state index is 0.0183. The number of hydrogen-bond donors (Lipinski definition) is 2. The first-order chi connectivity index (χ1) is 20.8. The summed E-state index contributed by atoms with van der Waals surface area (Å²) in [6, 6.07) is 5.28. The quantitative estimate of drug-likeness (QED) is 0.296. The second kappa shape index (κ2) is 13.6. The number of carbonyl (C=O) groups is 1. The number of halogens is 3. The molecule has 2 fully saturated rings. The van der Waals surface area contributed by atoms with Crippen molar-refractivity contribution in [1.29, 1.82) is 0 Å². The van der Waals surface area contributed by atoms with Crippen molar-refractivity contribution >= 4 is 11.6 Å². The summed E-state index contributed by atoms with van der Waals surface area (Å²) in [6.45, 7) is 10.6. The van der Waals surface area contributed by atoms with Crippen molar-refractivity contribution < 1.29 is 18.0 Å². The van der Waals surface area contributed by atoms with E-state index in [1.807, 2.05) is 26.0 Å². The number of alkyl halides is 2. The molecule has 8 heteroatoms. The Kier molecular flexibility index (Phi) is 10.3. The van der Waals surface area contributed by atoms with E-state index in [0.717, 1.165) is 55.3 Å². The third-order valence-corrected chi connectivity index (χ3v) is 8.63. The van der Waals surface area contributed by atoms with Crippen molar-refractivity contribution in [3.8, 4) is 0 Å². The summed E-state index contributed by atoms with van der Waals surface area (Å²) in [7, 11) is 0. The first-order valence-electron chi connectivity index (χ1n) is 15.8. The summed E-state index contributed by atoms with van der Waals surface area (Å²) >= 11 is 0. The van der Waals surface area contributed by atoms with E-state index in [2.05, 4.69) is 54.3 Å². The Morgan fingerprint density at radius 1 is 1.25 bits per heavy atom. The third kappa shape index (κ3) is 7.93. The van der Waals surface area contributed by atoms with Crippen LogP contribution in [-0.2, 0) is 10.2 Å². The predicted octanol–water partition coefficient (Wildman–Crippen LogP) is 8.35. The molecular formula is C36H47F3N4O. The van der Waals surface area contributed by atoms with Gasteiger partial charge in [-0.25, -0.2) is 13.2 Å². The molecule has 1 aromatic carbocycles. The zero-order valence-corrected chi connectivity index (χ0v) is 26.9. The lowest BCUT2D eigenvalue weighted by molar-refractivity contribution is -0.115. The van der Waals surface area contributed by atoms with Crippen LogP contribution >= 0.6 is 0 Å². The highest BCUT2D eigenvalue weighted by molar-refractivity contribution is 6.09. The van der Waals surface area contributed by atoms with Crippen molar-refractivity contribution in [1.82, 2.24) is 10.4 Å². The number of amides is 1. The highest BCUT2D eigenvalue weighted by Gasteiger charge is 2.51. The molecule has 44 heavy (non-hydrogen) atoms. The monoisotopic (exact) mass is 608 g/mol. The SMILES string of the molecule is C/C=C(/C1C=CC(C2CC2)=C(C)C1)N1NC(C2(c3cc(C)ccc3F)CC2)=CC(=NCCC(C)(F)F)/C1=C/CC.CC(N)=O. The number of nitrogens with one attached hydrogen (secondary N) is 1. The number of rotatable bonds is 9. The van der Waals surface area contributed by atoms with Crippen LogP contribution in [0.4, 0.5) is 13.2 Å². The van der Waals surface area contributed by atoms with Crippen molar-refractivity contribution in [2.75, 3.05) is 6.54 Å². The maximum Gasteiger partial charge on any atom is 0.247 e. The van der Waals surface area contributed by atoms with E-state index in [1.54, 1.807) is 12.1 Å². The Labute approximate surface area is 260 Å². The van der Waals surface area contributed by atoms with E-state index in [0.29, 0.717) is 17.2 Å². The number of benzene rings is 1. The molecule has 5 rings (SSSR count). The molecule has 1 aliphatic heterocycles. The fraction of sp³-hybridized carbons (Fsp3) is 0.500. The number of aryl methyl sites for hydroxylation is 1. The van der Waals surface area contributed by atoms with Crippen LogP contribution in [0.2, 0.25) is 0 Å². The number of hydrazine groups is 1.